The van der Waals surface area contributed by atoms with Gasteiger partial charge in [-0.15, -0.1) is 0 Å². The molecule has 0 spiro atoms. The van der Waals surface area contributed by atoms with Crippen molar-refractivity contribution in [1.82, 2.24) is 9.91 Å². The van der Waals surface area contributed by atoms with E-state index in [-0.39, 0.29) is 5.41 Å². The molecule has 13 heavy (non-hydrogen) atoms. The van der Waals surface area contributed by atoms with Crippen molar-refractivity contribution in [2.75, 3.05) is 27.2 Å². The maximum absolute atomic E-state index is 5.39. The van der Waals surface area contributed by atoms with Gasteiger partial charge < -0.3 is 4.90 Å². The quantitative estimate of drug-likeness (QED) is 0.539. The van der Waals surface area contributed by atoms with Gasteiger partial charge in [-0.25, -0.2) is 0 Å². The highest BCUT2D eigenvalue weighted by Gasteiger charge is 2.45. The highest BCUT2D eigenvalue weighted by atomic mass is 32.1. The first-order chi connectivity index (χ1) is 6.04. The first-order valence-electron chi connectivity index (χ1n) is 4.59. The van der Waals surface area contributed by atoms with Gasteiger partial charge in [-0.2, -0.15) is 5.10 Å². The zero-order valence-electron chi connectivity index (χ0n) is 8.37. The van der Waals surface area contributed by atoms with Crippen LogP contribution in [0.4, 0.5) is 0 Å². The van der Waals surface area contributed by atoms with Crippen LogP contribution < -0.4 is 0 Å². The molecular formula is C9H15N3S. The molecule has 4 heteroatoms. The van der Waals surface area contributed by atoms with Crippen LogP contribution in [0.1, 0.15) is 13.3 Å². The van der Waals surface area contributed by atoms with E-state index in [0.29, 0.717) is 0 Å². The maximum atomic E-state index is 5.39. The summed E-state index contributed by atoms with van der Waals surface area (Å²) in [6.07, 6.45) is 1.05. The van der Waals surface area contributed by atoms with Gasteiger partial charge in [0.25, 0.3) is 0 Å². The number of thiocarbonyl (C=S) groups is 1. The van der Waals surface area contributed by atoms with Crippen molar-refractivity contribution in [2.45, 2.75) is 13.3 Å². The topological polar surface area (TPSA) is 18.8 Å². The van der Waals surface area contributed by atoms with E-state index in [1.807, 2.05) is 12.1 Å². The number of nitrogens with zero attached hydrogens (tertiary/aromatic N) is 3. The van der Waals surface area contributed by atoms with Crippen LogP contribution in [0.3, 0.4) is 0 Å². The lowest BCUT2D eigenvalue weighted by Gasteiger charge is -2.36. The molecule has 0 radical (unpaired) electrons. The summed E-state index contributed by atoms with van der Waals surface area (Å²) in [5.41, 5.74) is 1.29. The molecule has 0 aromatic heterocycles. The Labute approximate surface area is 84.4 Å². The Morgan fingerprint density at radius 3 is 2.85 bits per heavy atom. The summed E-state index contributed by atoms with van der Waals surface area (Å²) >= 11 is 5.39. The van der Waals surface area contributed by atoms with Crippen molar-refractivity contribution in [3.05, 3.63) is 0 Å². The Balaban J connectivity index is 2.33. The third-order valence-electron chi connectivity index (χ3n) is 2.99. The second kappa shape index (κ2) is 2.75. The lowest BCUT2D eigenvalue weighted by molar-refractivity contribution is 0.273. The minimum Gasteiger partial charge on any atom is -0.305 e. The monoisotopic (exact) mass is 197 g/mol. The van der Waals surface area contributed by atoms with E-state index >= 15 is 0 Å². The van der Waals surface area contributed by atoms with Gasteiger partial charge >= 0.3 is 0 Å². The summed E-state index contributed by atoms with van der Waals surface area (Å²) in [7, 11) is 4.09. The van der Waals surface area contributed by atoms with E-state index in [0.717, 1.165) is 24.5 Å². The van der Waals surface area contributed by atoms with Crippen LogP contribution >= 0.6 is 12.2 Å². The van der Waals surface area contributed by atoms with Gasteiger partial charge in [0, 0.05) is 26.6 Å². The van der Waals surface area contributed by atoms with E-state index in [2.05, 4.69) is 24.0 Å². The van der Waals surface area contributed by atoms with Gasteiger partial charge in [-0.1, -0.05) is 12.2 Å². The molecule has 2 heterocycles. The zero-order chi connectivity index (χ0) is 9.64. The third-order valence-corrected chi connectivity index (χ3v) is 3.70. The van der Waals surface area contributed by atoms with Gasteiger partial charge in [-0.05, 0) is 14.0 Å². The fraction of sp³-hybridized carbons (Fsp3) is 0.778. The molecule has 0 aromatic carbocycles. The van der Waals surface area contributed by atoms with Crippen LogP contribution in [-0.2, 0) is 0 Å². The van der Waals surface area contributed by atoms with Crippen LogP contribution in [0.2, 0.25) is 0 Å². The lowest BCUT2D eigenvalue weighted by atomic mass is 9.81. The van der Waals surface area contributed by atoms with Crippen LogP contribution in [0.25, 0.3) is 0 Å². The van der Waals surface area contributed by atoms with Crippen molar-refractivity contribution >= 4 is 22.9 Å². The Morgan fingerprint density at radius 1 is 1.46 bits per heavy atom. The van der Waals surface area contributed by atoms with Crippen molar-refractivity contribution < 1.29 is 0 Å². The van der Waals surface area contributed by atoms with Gasteiger partial charge in [0.1, 0.15) is 4.99 Å². The SMILES string of the molecule is CN1CCC2=NN(C)C(=S)C2(C)C1. The molecule has 1 atom stereocenters. The summed E-state index contributed by atoms with van der Waals surface area (Å²) in [6, 6.07) is 0. The fourth-order valence-electron chi connectivity index (χ4n) is 2.22. The Hall–Kier alpha value is -0.480. The smallest absolute Gasteiger partial charge is 0.112 e. The number of hydrazone groups is 1. The molecule has 1 unspecified atom stereocenters. The Kier molecular flexibility index (Phi) is 1.92. The minimum atomic E-state index is 0.0249. The lowest BCUT2D eigenvalue weighted by Crippen LogP contribution is -2.48. The van der Waals surface area contributed by atoms with E-state index in [1.54, 1.807) is 0 Å². The summed E-state index contributed by atoms with van der Waals surface area (Å²) < 4.78 is 0. The molecule has 0 amide bonds. The summed E-state index contributed by atoms with van der Waals surface area (Å²) in [5, 5.41) is 6.33. The summed E-state index contributed by atoms with van der Waals surface area (Å²) in [5.74, 6) is 0. The molecule has 0 aromatic rings. The second-order valence-electron chi connectivity index (χ2n) is 4.20. The number of fused-ring (bicyclic) bond motifs is 1. The van der Waals surface area contributed by atoms with Crippen molar-refractivity contribution in [1.29, 1.82) is 0 Å². The number of hydrogen-bond acceptors (Lipinski definition) is 3. The average Bonchev–Trinajstić information content (AvgIpc) is 2.27. The van der Waals surface area contributed by atoms with Gasteiger partial charge in [-0.3, -0.25) is 5.01 Å². The molecule has 0 aliphatic carbocycles. The molecule has 0 N–H and O–H groups in total. The van der Waals surface area contributed by atoms with E-state index in [4.69, 9.17) is 12.2 Å². The number of piperidine rings is 1. The third kappa shape index (κ3) is 1.20. The average molecular weight is 197 g/mol. The highest BCUT2D eigenvalue weighted by molar-refractivity contribution is 7.80. The largest absolute Gasteiger partial charge is 0.305 e. The molecule has 1 fully saturated rings. The number of hydrogen-bond donors (Lipinski definition) is 0. The summed E-state index contributed by atoms with van der Waals surface area (Å²) in [4.78, 5) is 3.29. The van der Waals surface area contributed by atoms with Crippen LogP contribution in [0, 0.1) is 5.41 Å². The van der Waals surface area contributed by atoms with Crippen molar-refractivity contribution in [3.63, 3.8) is 0 Å². The molecule has 2 aliphatic rings. The van der Waals surface area contributed by atoms with Gasteiger partial charge in [0.2, 0.25) is 0 Å². The molecule has 2 aliphatic heterocycles. The van der Waals surface area contributed by atoms with Crippen LogP contribution in [-0.4, -0.2) is 47.8 Å². The van der Waals surface area contributed by atoms with Crippen molar-refractivity contribution in [2.24, 2.45) is 10.5 Å². The van der Waals surface area contributed by atoms with E-state index in [1.165, 1.54) is 5.71 Å². The van der Waals surface area contributed by atoms with Gasteiger partial charge in [0.05, 0.1) is 11.1 Å². The second-order valence-corrected chi connectivity index (χ2v) is 4.58. The molecule has 72 valence electrons. The number of likely N-dealkylation sites (tertiary alicyclic amines) is 1. The molecule has 2 rings (SSSR count). The molecular weight excluding hydrogens is 182 g/mol. The molecule has 1 saturated heterocycles. The summed E-state index contributed by atoms with van der Waals surface area (Å²) in [6.45, 7) is 4.31. The van der Waals surface area contributed by atoms with Crippen LogP contribution in [0.15, 0.2) is 5.10 Å². The molecule has 0 bridgehead atoms. The number of rotatable bonds is 0. The van der Waals surface area contributed by atoms with E-state index in [9.17, 15) is 0 Å². The first-order valence-corrected chi connectivity index (χ1v) is 4.99. The Morgan fingerprint density at radius 2 is 2.15 bits per heavy atom. The first kappa shape index (κ1) is 9.09. The molecule has 0 saturated carbocycles. The maximum Gasteiger partial charge on any atom is 0.112 e. The van der Waals surface area contributed by atoms with Crippen molar-refractivity contribution in [3.8, 4) is 0 Å². The predicted molar refractivity (Wildman–Crippen MR) is 58.0 cm³/mol. The fourth-order valence-corrected chi connectivity index (χ4v) is 2.44. The predicted octanol–water partition coefficient (Wildman–Crippen LogP) is 0.957. The standard InChI is InChI=1S/C9H15N3S/c1-9-6-11(2)5-4-7(9)10-12(3)8(9)13/h4-6H2,1-3H3. The highest BCUT2D eigenvalue weighted by Crippen LogP contribution is 2.34. The zero-order valence-corrected chi connectivity index (χ0v) is 9.19. The minimum absolute atomic E-state index is 0.0249. The van der Waals surface area contributed by atoms with E-state index < -0.39 is 0 Å². The molecule has 3 nitrogen and oxygen atoms in total. The van der Waals surface area contributed by atoms with Gasteiger partial charge in [0.15, 0.2) is 0 Å². The normalized spacial score (nSPS) is 34.8. The van der Waals surface area contributed by atoms with Crippen LogP contribution in [0.5, 0.6) is 0 Å². The Bertz CT molecular complexity index is 287.